The van der Waals surface area contributed by atoms with Crippen LogP contribution in [0.4, 0.5) is 10.1 Å². The number of halogens is 2. The van der Waals surface area contributed by atoms with Crippen molar-refractivity contribution in [3.63, 3.8) is 0 Å². The van der Waals surface area contributed by atoms with E-state index in [4.69, 9.17) is 11.6 Å². The smallest absolute Gasteiger partial charge is 0.257 e. The van der Waals surface area contributed by atoms with Crippen molar-refractivity contribution in [1.82, 2.24) is 4.98 Å². The monoisotopic (exact) mass is 288 g/mol. The van der Waals surface area contributed by atoms with E-state index >= 15 is 0 Å². The summed E-state index contributed by atoms with van der Waals surface area (Å²) in [5, 5.41) is 4.02. The highest BCUT2D eigenvalue weighted by molar-refractivity contribution is 6.31. The van der Waals surface area contributed by atoms with Crippen molar-refractivity contribution in [2.24, 2.45) is 0 Å². The van der Waals surface area contributed by atoms with E-state index in [1.807, 2.05) is 6.07 Å². The van der Waals surface area contributed by atoms with E-state index in [0.29, 0.717) is 16.3 Å². The fraction of sp³-hybridized carbons (Fsp3) is 0. The lowest BCUT2D eigenvalue weighted by Gasteiger charge is -2.04. The van der Waals surface area contributed by atoms with Crippen molar-refractivity contribution < 1.29 is 9.18 Å². The topological polar surface area (TPSA) is 44.9 Å². The molecule has 0 fully saturated rings. The van der Waals surface area contributed by atoms with Gasteiger partial charge in [0, 0.05) is 27.8 Å². The van der Waals surface area contributed by atoms with Gasteiger partial charge in [-0.15, -0.1) is 0 Å². The van der Waals surface area contributed by atoms with Gasteiger partial charge in [0.15, 0.2) is 0 Å². The molecule has 0 spiro atoms. The quantitative estimate of drug-likeness (QED) is 0.729. The molecular formula is C15H10ClFN2O. The highest BCUT2D eigenvalue weighted by Gasteiger charge is 2.12. The Morgan fingerprint density at radius 3 is 2.65 bits per heavy atom. The number of H-pyrrole nitrogens is 1. The SMILES string of the molecule is O=C(Nc1ccc(F)cc1)c1c[nH]c2ccc(Cl)cc12. The number of hydrogen-bond acceptors (Lipinski definition) is 1. The molecule has 3 aromatic rings. The molecule has 0 saturated heterocycles. The summed E-state index contributed by atoms with van der Waals surface area (Å²) in [6.45, 7) is 0. The van der Waals surface area contributed by atoms with Crippen LogP contribution in [0.2, 0.25) is 5.02 Å². The van der Waals surface area contributed by atoms with Crippen molar-refractivity contribution in [2.45, 2.75) is 0 Å². The van der Waals surface area contributed by atoms with Crippen LogP contribution >= 0.6 is 11.6 Å². The lowest BCUT2D eigenvalue weighted by Crippen LogP contribution is -2.11. The number of nitrogens with one attached hydrogen (secondary N) is 2. The van der Waals surface area contributed by atoms with Gasteiger partial charge in [-0.1, -0.05) is 11.6 Å². The summed E-state index contributed by atoms with van der Waals surface area (Å²) in [6.07, 6.45) is 1.62. The molecule has 20 heavy (non-hydrogen) atoms. The van der Waals surface area contributed by atoms with E-state index < -0.39 is 0 Å². The molecule has 0 radical (unpaired) electrons. The van der Waals surface area contributed by atoms with Gasteiger partial charge >= 0.3 is 0 Å². The number of fused-ring (bicyclic) bond motifs is 1. The van der Waals surface area contributed by atoms with Gasteiger partial charge in [0.05, 0.1) is 5.56 Å². The summed E-state index contributed by atoms with van der Waals surface area (Å²) < 4.78 is 12.8. The number of rotatable bonds is 2. The summed E-state index contributed by atoms with van der Waals surface area (Å²) in [5.41, 5.74) is 1.86. The fourth-order valence-electron chi connectivity index (χ4n) is 2.01. The first-order chi connectivity index (χ1) is 9.63. The first-order valence-electron chi connectivity index (χ1n) is 5.97. The Kier molecular flexibility index (Phi) is 3.16. The van der Waals surface area contributed by atoms with Gasteiger partial charge in [-0.05, 0) is 42.5 Å². The molecule has 0 aliphatic carbocycles. The zero-order chi connectivity index (χ0) is 14.1. The van der Waals surface area contributed by atoms with Crippen molar-refractivity contribution in [2.75, 3.05) is 5.32 Å². The molecule has 3 nitrogen and oxygen atoms in total. The number of aromatic amines is 1. The van der Waals surface area contributed by atoms with Crippen LogP contribution in [0, 0.1) is 5.82 Å². The highest BCUT2D eigenvalue weighted by atomic mass is 35.5. The van der Waals surface area contributed by atoms with Crippen molar-refractivity contribution in [3.8, 4) is 0 Å². The maximum Gasteiger partial charge on any atom is 0.257 e. The number of anilines is 1. The third kappa shape index (κ3) is 2.38. The number of benzene rings is 2. The number of carbonyl (C=O) groups excluding carboxylic acids is 1. The van der Waals surface area contributed by atoms with Gasteiger partial charge < -0.3 is 10.3 Å². The summed E-state index contributed by atoms with van der Waals surface area (Å²) in [7, 11) is 0. The van der Waals surface area contributed by atoms with E-state index in [1.54, 1.807) is 18.3 Å². The predicted molar refractivity (Wildman–Crippen MR) is 77.7 cm³/mol. The molecule has 0 aliphatic rings. The van der Waals surface area contributed by atoms with Gasteiger partial charge in [0.1, 0.15) is 5.82 Å². The summed E-state index contributed by atoms with van der Waals surface area (Å²) >= 11 is 5.94. The Morgan fingerprint density at radius 1 is 1.15 bits per heavy atom. The first-order valence-corrected chi connectivity index (χ1v) is 6.35. The maximum absolute atomic E-state index is 12.8. The van der Waals surface area contributed by atoms with Crippen LogP contribution in [0.25, 0.3) is 10.9 Å². The summed E-state index contributed by atoms with van der Waals surface area (Å²) in [6, 6.07) is 10.9. The lowest BCUT2D eigenvalue weighted by atomic mass is 10.1. The average Bonchev–Trinajstić information content (AvgIpc) is 2.84. The van der Waals surface area contributed by atoms with Crippen LogP contribution in [0.5, 0.6) is 0 Å². The molecule has 0 aliphatic heterocycles. The molecule has 2 aromatic carbocycles. The maximum atomic E-state index is 12.8. The molecule has 0 unspecified atom stereocenters. The molecule has 1 aromatic heterocycles. The third-order valence-electron chi connectivity index (χ3n) is 2.99. The Balaban J connectivity index is 1.92. The predicted octanol–water partition coefficient (Wildman–Crippen LogP) is 4.21. The zero-order valence-corrected chi connectivity index (χ0v) is 11.0. The normalized spacial score (nSPS) is 10.7. The number of hydrogen-bond donors (Lipinski definition) is 2. The van der Waals surface area contributed by atoms with Crippen molar-refractivity contribution >= 4 is 34.1 Å². The van der Waals surface area contributed by atoms with E-state index in [2.05, 4.69) is 10.3 Å². The van der Waals surface area contributed by atoms with Crippen LogP contribution in [-0.4, -0.2) is 10.9 Å². The van der Waals surface area contributed by atoms with Gasteiger partial charge in [0.2, 0.25) is 0 Å². The van der Waals surface area contributed by atoms with E-state index in [-0.39, 0.29) is 11.7 Å². The number of aromatic nitrogens is 1. The second-order valence-corrected chi connectivity index (χ2v) is 4.79. The minimum atomic E-state index is -0.345. The fourth-order valence-corrected chi connectivity index (χ4v) is 2.18. The van der Waals surface area contributed by atoms with Crippen LogP contribution in [0.1, 0.15) is 10.4 Å². The van der Waals surface area contributed by atoms with Gasteiger partial charge in [-0.3, -0.25) is 4.79 Å². The molecule has 0 saturated carbocycles. The molecule has 1 heterocycles. The molecule has 1 amide bonds. The second-order valence-electron chi connectivity index (χ2n) is 4.35. The van der Waals surface area contributed by atoms with Crippen molar-refractivity contribution in [3.05, 3.63) is 65.1 Å². The zero-order valence-electron chi connectivity index (χ0n) is 10.3. The summed E-state index contributed by atoms with van der Waals surface area (Å²) in [5.74, 6) is -0.619. The Hall–Kier alpha value is -2.33. The van der Waals surface area contributed by atoms with Gasteiger partial charge in [0.25, 0.3) is 5.91 Å². The minimum Gasteiger partial charge on any atom is -0.360 e. The number of amides is 1. The molecule has 0 atom stereocenters. The molecule has 100 valence electrons. The molecule has 5 heteroatoms. The Morgan fingerprint density at radius 2 is 1.90 bits per heavy atom. The van der Waals surface area contributed by atoms with Crippen LogP contribution in [0.15, 0.2) is 48.7 Å². The summed E-state index contributed by atoms with van der Waals surface area (Å²) in [4.78, 5) is 15.2. The van der Waals surface area contributed by atoms with Gasteiger partial charge in [-0.25, -0.2) is 4.39 Å². The molecule has 2 N–H and O–H groups in total. The Labute approximate surface area is 119 Å². The van der Waals surface area contributed by atoms with Crippen molar-refractivity contribution in [1.29, 1.82) is 0 Å². The van der Waals surface area contributed by atoms with E-state index in [0.717, 1.165) is 10.9 Å². The average molecular weight is 289 g/mol. The number of carbonyl (C=O) groups is 1. The Bertz CT molecular complexity index is 780. The second kappa shape index (κ2) is 4.98. The van der Waals surface area contributed by atoms with Crippen LogP contribution < -0.4 is 5.32 Å². The lowest BCUT2D eigenvalue weighted by molar-refractivity contribution is 0.102. The van der Waals surface area contributed by atoms with Gasteiger partial charge in [-0.2, -0.15) is 0 Å². The molecule has 3 rings (SSSR count). The first kappa shape index (κ1) is 12.7. The van der Waals surface area contributed by atoms with Crippen LogP contribution in [-0.2, 0) is 0 Å². The minimum absolute atomic E-state index is 0.273. The molecule has 0 bridgehead atoms. The molecular weight excluding hydrogens is 279 g/mol. The van der Waals surface area contributed by atoms with E-state index in [9.17, 15) is 9.18 Å². The highest BCUT2D eigenvalue weighted by Crippen LogP contribution is 2.23. The third-order valence-corrected chi connectivity index (χ3v) is 3.23. The van der Waals surface area contributed by atoms with E-state index in [1.165, 1.54) is 24.3 Å². The van der Waals surface area contributed by atoms with Crippen LogP contribution in [0.3, 0.4) is 0 Å². The largest absolute Gasteiger partial charge is 0.360 e. The standard InChI is InChI=1S/C15H10ClFN2O/c16-9-1-6-14-12(7-9)13(8-18-14)15(20)19-11-4-2-10(17)3-5-11/h1-8,18H,(H,19,20).